The molecule has 0 aliphatic carbocycles. The van der Waals surface area contributed by atoms with Crippen LogP contribution in [0.2, 0.25) is 0 Å². The zero-order valence-corrected chi connectivity index (χ0v) is 10.2. The molecule has 0 bridgehead atoms. The van der Waals surface area contributed by atoms with Crippen LogP contribution in [0.5, 0.6) is 11.5 Å². The van der Waals surface area contributed by atoms with Crippen LogP contribution >= 0.6 is 12.2 Å². The van der Waals surface area contributed by atoms with Gasteiger partial charge >= 0.3 is 0 Å². The number of benzene rings is 1. The molecule has 0 atom stereocenters. The molecule has 0 radical (unpaired) electrons. The zero-order chi connectivity index (χ0) is 12.3. The molecule has 0 aliphatic rings. The summed E-state index contributed by atoms with van der Waals surface area (Å²) in [5.74, 6) is 1.35. The summed E-state index contributed by atoms with van der Waals surface area (Å²) in [5, 5.41) is 0. The Morgan fingerprint density at radius 1 is 1.18 bits per heavy atom. The molecule has 3 nitrogen and oxygen atoms in total. The van der Waals surface area contributed by atoms with Crippen LogP contribution in [-0.2, 0) is 0 Å². The van der Waals surface area contributed by atoms with Crippen molar-refractivity contribution in [3.8, 4) is 11.5 Å². The summed E-state index contributed by atoms with van der Waals surface area (Å²) in [6, 6.07) is 11.1. The maximum absolute atomic E-state index is 5.77. The van der Waals surface area contributed by atoms with Crippen molar-refractivity contribution in [2.45, 2.75) is 6.92 Å². The number of hydrogen-bond donors (Lipinski definition) is 1. The molecule has 17 heavy (non-hydrogen) atoms. The number of nitrogens with two attached hydrogens (primary N) is 1. The van der Waals surface area contributed by atoms with Crippen molar-refractivity contribution < 1.29 is 4.74 Å². The van der Waals surface area contributed by atoms with Crippen molar-refractivity contribution in [3.05, 3.63) is 53.9 Å². The first-order chi connectivity index (χ1) is 8.18. The fraction of sp³-hybridized carbons (Fsp3) is 0.0769. The largest absolute Gasteiger partial charge is 0.455 e. The predicted octanol–water partition coefficient (Wildman–Crippen LogP) is 2.82. The molecule has 1 heterocycles. The Hall–Kier alpha value is -1.94. The number of pyridine rings is 1. The van der Waals surface area contributed by atoms with E-state index in [4.69, 9.17) is 22.7 Å². The van der Waals surface area contributed by atoms with Gasteiger partial charge < -0.3 is 10.5 Å². The van der Waals surface area contributed by atoms with Gasteiger partial charge in [-0.3, -0.25) is 4.98 Å². The van der Waals surface area contributed by atoms with Crippen LogP contribution in [0.15, 0.2) is 42.6 Å². The Morgan fingerprint density at radius 3 is 2.59 bits per heavy atom. The van der Waals surface area contributed by atoms with Crippen LogP contribution in [0, 0.1) is 6.92 Å². The van der Waals surface area contributed by atoms with Gasteiger partial charge in [-0.25, -0.2) is 0 Å². The van der Waals surface area contributed by atoms with Crippen molar-refractivity contribution in [2.75, 3.05) is 0 Å². The van der Waals surface area contributed by atoms with Crippen molar-refractivity contribution >= 4 is 17.2 Å². The molecule has 4 heteroatoms. The monoisotopic (exact) mass is 244 g/mol. The summed E-state index contributed by atoms with van der Waals surface area (Å²) >= 11 is 4.98. The predicted molar refractivity (Wildman–Crippen MR) is 71.4 cm³/mol. The topological polar surface area (TPSA) is 48.1 Å². The highest BCUT2D eigenvalue weighted by atomic mass is 32.1. The number of aromatic nitrogens is 1. The molecule has 2 aromatic rings. The first-order valence-electron chi connectivity index (χ1n) is 5.17. The lowest BCUT2D eigenvalue weighted by molar-refractivity contribution is 0.475. The van der Waals surface area contributed by atoms with E-state index in [0.717, 1.165) is 11.3 Å². The third kappa shape index (κ3) is 2.60. The Bertz CT molecular complexity index is 555. The van der Waals surface area contributed by atoms with Crippen LogP contribution < -0.4 is 10.5 Å². The Balaban J connectivity index is 2.37. The smallest absolute Gasteiger partial charge is 0.148 e. The minimum atomic E-state index is 0.321. The second-order valence-corrected chi connectivity index (χ2v) is 3.99. The first kappa shape index (κ1) is 11.5. The van der Waals surface area contributed by atoms with E-state index in [-0.39, 0.29) is 0 Å². The molecule has 0 fully saturated rings. The van der Waals surface area contributed by atoms with Gasteiger partial charge in [0.05, 0.1) is 11.3 Å². The van der Waals surface area contributed by atoms with E-state index in [1.54, 1.807) is 6.20 Å². The van der Waals surface area contributed by atoms with Crippen LogP contribution in [0.3, 0.4) is 0 Å². The van der Waals surface area contributed by atoms with Gasteiger partial charge in [-0.2, -0.15) is 0 Å². The Morgan fingerprint density at radius 2 is 1.88 bits per heavy atom. The normalized spacial score (nSPS) is 9.94. The molecule has 2 rings (SSSR count). The number of hydrogen-bond acceptors (Lipinski definition) is 3. The van der Waals surface area contributed by atoms with Crippen LogP contribution in [0.4, 0.5) is 0 Å². The summed E-state index contributed by atoms with van der Waals surface area (Å²) in [6.07, 6.45) is 1.72. The van der Waals surface area contributed by atoms with E-state index in [2.05, 4.69) is 4.98 Å². The number of rotatable bonds is 3. The summed E-state index contributed by atoms with van der Waals surface area (Å²) in [4.78, 5) is 4.48. The first-order valence-corrected chi connectivity index (χ1v) is 5.57. The van der Waals surface area contributed by atoms with Gasteiger partial charge in [-0.05, 0) is 31.2 Å². The van der Waals surface area contributed by atoms with Crippen molar-refractivity contribution in [3.63, 3.8) is 0 Å². The summed E-state index contributed by atoms with van der Waals surface area (Å²) in [6.45, 7) is 1.89. The highest BCUT2D eigenvalue weighted by Crippen LogP contribution is 2.26. The van der Waals surface area contributed by atoms with E-state index in [0.29, 0.717) is 16.5 Å². The summed E-state index contributed by atoms with van der Waals surface area (Å²) in [7, 11) is 0. The van der Waals surface area contributed by atoms with E-state index in [9.17, 15) is 0 Å². The number of para-hydroxylation sites is 1. The molecular weight excluding hydrogens is 232 g/mol. The maximum atomic E-state index is 5.77. The molecule has 1 aromatic heterocycles. The lowest BCUT2D eigenvalue weighted by Crippen LogP contribution is -2.10. The van der Waals surface area contributed by atoms with E-state index in [1.165, 1.54) is 0 Å². The number of nitrogens with zero attached hydrogens (tertiary/aromatic N) is 1. The highest BCUT2D eigenvalue weighted by molar-refractivity contribution is 7.80. The fourth-order valence-electron chi connectivity index (χ4n) is 1.46. The quantitative estimate of drug-likeness (QED) is 0.843. The molecule has 0 spiro atoms. The van der Waals surface area contributed by atoms with Crippen molar-refractivity contribution in [1.29, 1.82) is 0 Å². The second kappa shape index (κ2) is 4.93. The second-order valence-electron chi connectivity index (χ2n) is 3.55. The minimum Gasteiger partial charge on any atom is -0.455 e. The van der Waals surface area contributed by atoms with Gasteiger partial charge in [0.2, 0.25) is 0 Å². The molecule has 0 amide bonds. The molecule has 0 saturated heterocycles. The molecule has 0 saturated carbocycles. The molecule has 0 unspecified atom stereocenters. The van der Waals surface area contributed by atoms with E-state index in [1.807, 2.05) is 43.3 Å². The average Bonchev–Trinajstić information content (AvgIpc) is 2.32. The number of ether oxygens (including phenoxy) is 1. The van der Waals surface area contributed by atoms with Gasteiger partial charge in [0.1, 0.15) is 16.5 Å². The SMILES string of the molecule is Cc1ncccc1Oc1ccccc1C(N)=S. The zero-order valence-electron chi connectivity index (χ0n) is 9.38. The number of thiocarbonyl (C=S) groups is 1. The Kier molecular flexibility index (Phi) is 3.35. The van der Waals surface area contributed by atoms with Gasteiger partial charge in [0.25, 0.3) is 0 Å². The maximum Gasteiger partial charge on any atom is 0.148 e. The van der Waals surface area contributed by atoms with Crippen LogP contribution in [0.1, 0.15) is 11.3 Å². The van der Waals surface area contributed by atoms with Gasteiger partial charge in [-0.1, -0.05) is 24.4 Å². The lowest BCUT2D eigenvalue weighted by Gasteiger charge is -2.11. The number of aryl methyl sites for hydroxylation is 1. The summed E-state index contributed by atoms with van der Waals surface area (Å²) in [5.41, 5.74) is 7.19. The summed E-state index contributed by atoms with van der Waals surface area (Å²) < 4.78 is 5.77. The minimum absolute atomic E-state index is 0.321. The molecule has 0 aliphatic heterocycles. The Labute approximate surface area is 105 Å². The third-order valence-corrected chi connectivity index (χ3v) is 2.55. The van der Waals surface area contributed by atoms with Gasteiger partial charge in [-0.15, -0.1) is 0 Å². The van der Waals surface area contributed by atoms with E-state index >= 15 is 0 Å². The fourth-order valence-corrected chi connectivity index (χ4v) is 1.62. The molecular formula is C13H12N2OS. The third-order valence-electron chi connectivity index (χ3n) is 2.33. The lowest BCUT2D eigenvalue weighted by atomic mass is 10.2. The standard InChI is InChI=1S/C13H12N2OS/c1-9-11(7-4-8-15-9)16-12-6-3-2-5-10(12)13(14)17/h2-8H,1H3,(H2,14,17). The molecule has 86 valence electrons. The van der Waals surface area contributed by atoms with Crippen LogP contribution in [-0.4, -0.2) is 9.97 Å². The molecule has 1 aromatic carbocycles. The van der Waals surface area contributed by atoms with Gasteiger partial charge in [0.15, 0.2) is 0 Å². The molecule has 2 N–H and O–H groups in total. The van der Waals surface area contributed by atoms with Crippen LogP contribution in [0.25, 0.3) is 0 Å². The van der Waals surface area contributed by atoms with Crippen molar-refractivity contribution in [1.82, 2.24) is 4.98 Å². The van der Waals surface area contributed by atoms with E-state index < -0.39 is 0 Å². The van der Waals surface area contributed by atoms with Gasteiger partial charge in [0, 0.05) is 6.20 Å². The highest BCUT2D eigenvalue weighted by Gasteiger charge is 2.07. The van der Waals surface area contributed by atoms with Crippen molar-refractivity contribution in [2.24, 2.45) is 5.73 Å². The average molecular weight is 244 g/mol.